The molecule has 0 saturated heterocycles. The minimum atomic E-state index is -0.260. The number of anilines is 2. The molecule has 0 aliphatic heterocycles. The molecule has 0 saturated carbocycles. The number of benzene rings is 2. The summed E-state index contributed by atoms with van der Waals surface area (Å²) >= 11 is 0. The Balaban J connectivity index is 2.33. The third-order valence-electron chi connectivity index (χ3n) is 3.53. The zero-order valence-electron chi connectivity index (χ0n) is 13.9. The van der Waals surface area contributed by atoms with E-state index in [0.29, 0.717) is 5.56 Å². The van der Waals surface area contributed by atoms with Crippen molar-refractivity contribution in [2.75, 3.05) is 5.32 Å². The molecule has 0 bridgehead atoms. The van der Waals surface area contributed by atoms with Crippen LogP contribution in [0, 0.1) is 13.8 Å². The number of hydrogen-bond donors (Lipinski definition) is 2. The third kappa shape index (κ3) is 3.88. The molecule has 0 spiro atoms. The molecule has 0 aliphatic carbocycles. The van der Waals surface area contributed by atoms with Gasteiger partial charge in [0, 0.05) is 11.2 Å². The van der Waals surface area contributed by atoms with Crippen LogP contribution in [0.2, 0.25) is 0 Å². The van der Waals surface area contributed by atoms with Gasteiger partial charge in [-0.1, -0.05) is 24.3 Å². The molecule has 0 aromatic heterocycles. The van der Waals surface area contributed by atoms with Gasteiger partial charge in [0.2, 0.25) is 0 Å². The largest absolute Gasteiger partial charge is 0.355 e. The number of hydrogen-bond acceptors (Lipinski definition) is 2. The Bertz CT molecular complexity index is 684. The normalized spacial score (nSPS) is 11.1. The van der Waals surface area contributed by atoms with Crippen molar-refractivity contribution in [1.29, 1.82) is 0 Å². The Hall–Kier alpha value is -2.29. The Kier molecular flexibility index (Phi) is 4.55. The second-order valence-corrected chi connectivity index (χ2v) is 6.62. The highest BCUT2D eigenvalue weighted by Gasteiger charge is 2.18. The van der Waals surface area contributed by atoms with Crippen LogP contribution in [0.3, 0.4) is 0 Å². The SMILES string of the molecule is Cc1cccc(Nc2ccccc2C(=O)NC(C)(C)C)c1C. The second kappa shape index (κ2) is 6.22. The van der Waals surface area contributed by atoms with Crippen LogP contribution in [0.15, 0.2) is 42.5 Å². The zero-order chi connectivity index (χ0) is 16.3. The van der Waals surface area contributed by atoms with Gasteiger partial charge in [0.15, 0.2) is 0 Å². The van der Waals surface area contributed by atoms with E-state index in [9.17, 15) is 4.79 Å². The maximum atomic E-state index is 12.5. The molecule has 2 N–H and O–H groups in total. The number of carbonyl (C=O) groups excluding carboxylic acids is 1. The van der Waals surface area contributed by atoms with Crippen molar-refractivity contribution in [3.05, 3.63) is 59.2 Å². The van der Waals surface area contributed by atoms with Crippen LogP contribution in [0.5, 0.6) is 0 Å². The summed E-state index contributed by atoms with van der Waals surface area (Å²) < 4.78 is 0. The van der Waals surface area contributed by atoms with Gasteiger partial charge >= 0.3 is 0 Å². The van der Waals surface area contributed by atoms with Gasteiger partial charge in [-0.25, -0.2) is 0 Å². The van der Waals surface area contributed by atoms with Gasteiger partial charge in [-0.05, 0) is 63.9 Å². The van der Waals surface area contributed by atoms with Crippen LogP contribution in [-0.2, 0) is 0 Å². The fraction of sp³-hybridized carbons (Fsp3) is 0.316. The smallest absolute Gasteiger partial charge is 0.253 e. The van der Waals surface area contributed by atoms with Crippen LogP contribution in [0.1, 0.15) is 42.3 Å². The topological polar surface area (TPSA) is 41.1 Å². The molecule has 3 nitrogen and oxygen atoms in total. The summed E-state index contributed by atoms with van der Waals surface area (Å²) in [6, 6.07) is 13.7. The van der Waals surface area contributed by atoms with Crippen molar-refractivity contribution in [3.8, 4) is 0 Å². The van der Waals surface area contributed by atoms with E-state index >= 15 is 0 Å². The van der Waals surface area contributed by atoms with E-state index in [1.807, 2.05) is 57.2 Å². The molecule has 0 radical (unpaired) electrons. The summed E-state index contributed by atoms with van der Waals surface area (Å²) in [6.45, 7) is 10.1. The molecule has 3 heteroatoms. The highest BCUT2D eigenvalue weighted by Crippen LogP contribution is 2.25. The lowest BCUT2D eigenvalue weighted by atomic mass is 10.1. The first-order valence-electron chi connectivity index (χ1n) is 7.53. The fourth-order valence-corrected chi connectivity index (χ4v) is 2.23. The molecule has 0 atom stereocenters. The second-order valence-electron chi connectivity index (χ2n) is 6.62. The average molecular weight is 296 g/mol. The quantitative estimate of drug-likeness (QED) is 0.870. The molecule has 0 unspecified atom stereocenters. The van der Waals surface area contributed by atoms with Crippen molar-refractivity contribution in [1.82, 2.24) is 5.32 Å². The first kappa shape index (κ1) is 16.1. The first-order valence-corrected chi connectivity index (χ1v) is 7.53. The fourth-order valence-electron chi connectivity index (χ4n) is 2.23. The molecular weight excluding hydrogens is 272 g/mol. The van der Waals surface area contributed by atoms with E-state index in [1.165, 1.54) is 11.1 Å². The summed E-state index contributed by atoms with van der Waals surface area (Å²) in [5.41, 5.74) is 4.64. The maximum absolute atomic E-state index is 12.5. The van der Waals surface area contributed by atoms with Crippen LogP contribution >= 0.6 is 0 Å². The summed E-state index contributed by atoms with van der Waals surface area (Å²) in [5.74, 6) is -0.0686. The molecule has 1 amide bonds. The summed E-state index contributed by atoms with van der Waals surface area (Å²) in [6.07, 6.45) is 0. The van der Waals surface area contributed by atoms with E-state index in [2.05, 4.69) is 30.5 Å². The minimum Gasteiger partial charge on any atom is -0.355 e. The Morgan fingerprint density at radius 3 is 2.23 bits per heavy atom. The Morgan fingerprint density at radius 2 is 1.55 bits per heavy atom. The average Bonchev–Trinajstić information content (AvgIpc) is 2.42. The highest BCUT2D eigenvalue weighted by molar-refractivity contribution is 6.00. The predicted octanol–water partition coefficient (Wildman–Crippen LogP) is 4.58. The lowest BCUT2D eigenvalue weighted by Gasteiger charge is -2.22. The van der Waals surface area contributed by atoms with Crippen molar-refractivity contribution in [3.63, 3.8) is 0 Å². The summed E-state index contributed by atoms with van der Waals surface area (Å²) in [5, 5.41) is 6.40. The molecule has 2 aromatic rings. The number of carbonyl (C=O) groups is 1. The monoisotopic (exact) mass is 296 g/mol. The predicted molar refractivity (Wildman–Crippen MR) is 92.9 cm³/mol. The molecular formula is C19H24N2O. The van der Waals surface area contributed by atoms with Gasteiger partial charge in [-0.15, -0.1) is 0 Å². The van der Waals surface area contributed by atoms with E-state index in [0.717, 1.165) is 11.4 Å². The molecule has 116 valence electrons. The molecule has 0 fully saturated rings. The molecule has 2 rings (SSSR count). The van der Waals surface area contributed by atoms with E-state index in [-0.39, 0.29) is 11.4 Å². The molecule has 22 heavy (non-hydrogen) atoms. The number of nitrogens with one attached hydrogen (secondary N) is 2. The summed E-state index contributed by atoms with van der Waals surface area (Å²) in [4.78, 5) is 12.5. The highest BCUT2D eigenvalue weighted by atomic mass is 16.1. The van der Waals surface area contributed by atoms with Gasteiger partial charge in [0.25, 0.3) is 5.91 Å². The Labute approximate surface area is 132 Å². The van der Waals surface area contributed by atoms with Gasteiger partial charge < -0.3 is 10.6 Å². The number of para-hydroxylation sites is 1. The first-order chi connectivity index (χ1) is 10.3. The molecule has 2 aromatic carbocycles. The number of rotatable bonds is 3. The van der Waals surface area contributed by atoms with Gasteiger partial charge in [0.1, 0.15) is 0 Å². The maximum Gasteiger partial charge on any atom is 0.253 e. The van der Waals surface area contributed by atoms with Crippen LogP contribution in [0.25, 0.3) is 0 Å². The van der Waals surface area contributed by atoms with Gasteiger partial charge in [-0.2, -0.15) is 0 Å². The summed E-state index contributed by atoms with van der Waals surface area (Å²) in [7, 11) is 0. The van der Waals surface area contributed by atoms with Crippen LogP contribution in [-0.4, -0.2) is 11.4 Å². The third-order valence-corrected chi connectivity index (χ3v) is 3.53. The van der Waals surface area contributed by atoms with Crippen LogP contribution < -0.4 is 10.6 Å². The standard InChI is InChI=1S/C19H24N2O/c1-13-9-8-12-16(14(13)2)20-17-11-7-6-10-15(17)18(22)21-19(3,4)5/h6-12,20H,1-5H3,(H,21,22). The Morgan fingerprint density at radius 1 is 0.909 bits per heavy atom. The van der Waals surface area contributed by atoms with Gasteiger partial charge in [-0.3, -0.25) is 4.79 Å². The van der Waals surface area contributed by atoms with E-state index in [1.54, 1.807) is 0 Å². The zero-order valence-corrected chi connectivity index (χ0v) is 13.9. The van der Waals surface area contributed by atoms with E-state index in [4.69, 9.17) is 0 Å². The lowest BCUT2D eigenvalue weighted by molar-refractivity contribution is 0.0920. The van der Waals surface area contributed by atoms with Crippen molar-refractivity contribution in [2.45, 2.75) is 40.2 Å². The van der Waals surface area contributed by atoms with E-state index < -0.39 is 0 Å². The number of aryl methyl sites for hydroxylation is 1. The van der Waals surface area contributed by atoms with Crippen molar-refractivity contribution in [2.24, 2.45) is 0 Å². The van der Waals surface area contributed by atoms with Crippen LogP contribution in [0.4, 0.5) is 11.4 Å². The van der Waals surface area contributed by atoms with Gasteiger partial charge in [0.05, 0.1) is 11.3 Å². The lowest BCUT2D eigenvalue weighted by Crippen LogP contribution is -2.40. The minimum absolute atomic E-state index is 0.0686. The number of amides is 1. The van der Waals surface area contributed by atoms with Crippen molar-refractivity contribution >= 4 is 17.3 Å². The van der Waals surface area contributed by atoms with Crippen molar-refractivity contribution < 1.29 is 4.79 Å². The molecule has 0 heterocycles. The molecule has 0 aliphatic rings.